The molecule has 5 nitrogen and oxygen atoms in total. The highest BCUT2D eigenvalue weighted by Gasteiger charge is 1.99. The summed E-state index contributed by atoms with van der Waals surface area (Å²) in [6.45, 7) is 0.564. The minimum absolute atomic E-state index is 0.339. The largest absolute Gasteiger partial charge is 0.502 e. The third-order valence-corrected chi connectivity index (χ3v) is 2.08. The Kier molecular flexibility index (Phi) is 2.86. The Morgan fingerprint density at radius 1 is 1.31 bits per heavy atom. The summed E-state index contributed by atoms with van der Waals surface area (Å²) in [5.41, 5.74) is 0.531. The number of rotatable bonds is 3. The number of hydrogen-bond acceptors (Lipinski definition) is 4. The van der Waals surface area contributed by atoms with E-state index in [1.54, 1.807) is 0 Å². The van der Waals surface area contributed by atoms with Crippen molar-refractivity contribution in [3.05, 3.63) is 52.4 Å². The molecule has 0 aliphatic carbocycles. The van der Waals surface area contributed by atoms with Crippen LogP contribution < -0.4 is 10.9 Å². The molecule has 0 saturated heterocycles. The first-order valence-corrected chi connectivity index (χ1v) is 4.82. The summed E-state index contributed by atoms with van der Waals surface area (Å²) in [6, 6.07) is 9.73. The smallest absolute Gasteiger partial charge is 0.294 e. The summed E-state index contributed by atoms with van der Waals surface area (Å²) in [5, 5.41) is 11.9. The number of hydrogen-bond donors (Lipinski definition) is 3. The van der Waals surface area contributed by atoms with E-state index in [0.29, 0.717) is 12.5 Å². The maximum absolute atomic E-state index is 11.1. The van der Waals surface area contributed by atoms with E-state index in [0.717, 1.165) is 11.8 Å². The van der Waals surface area contributed by atoms with Crippen LogP contribution >= 0.6 is 0 Å². The standard InChI is InChI=1S/C11H11N3O2/c15-9-7-13-11(14-10(9)16)12-6-8-4-2-1-3-5-8/h1-5,7,15H,6H2,(H2,12,13,14,16). The molecule has 5 heteroatoms. The van der Waals surface area contributed by atoms with Crippen LogP contribution in [0.1, 0.15) is 5.56 Å². The number of nitrogens with zero attached hydrogens (tertiary/aromatic N) is 1. The maximum atomic E-state index is 11.1. The first-order chi connectivity index (χ1) is 7.75. The van der Waals surface area contributed by atoms with Crippen molar-refractivity contribution in [2.75, 3.05) is 5.32 Å². The summed E-state index contributed by atoms with van der Waals surface area (Å²) < 4.78 is 0. The molecule has 0 bridgehead atoms. The Bertz CT molecular complexity index is 522. The van der Waals surface area contributed by atoms with Crippen molar-refractivity contribution >= 4 is 5.95 Å². The van der Waals surface area contributed by atoms with Crippen LogP contribution in [0.2, 0.25) is 0 Å². The number of H-pyrrole nitrogens is 1. The zero-order valence-corrected chi connectivity index (χ0v) is 8.47. The number of anilines is 1. The summed E-state index contributed by atoms with van der Waals surface area (Å²) in [6.07, 6.45) is 1.12. The number of aromatic hydroxyl groups is 1. The molecule has 0 aliphatic rings. The molecular weight excluding hydrogens is 206 g/mol. The first kappa shape index (κ1) is 10.2. The first-order valence-electron chi connectivity index (χ1n) is 4.82. The van der Waals surface area contributed by atoms with E-state index < -0.39 is 5.56 Å². The molecule has 0 fully saturated rings. The van der Waals surface area contributed by atoms with Crippen molar-refractivity contribution in [2.45, 2.75) is 6.54 Å². The van der Waals surface area contributed by atoms with Gasteiger partial charge in [0.05, 0.1) is 6.20 Å². The third-order valence-electron chi connectivity index (χ3n) is 2.08. The molecular formula is C11H11N3O2. The molecule has 16 heavy (non-hydrogen) atoms. The molecule has 0 unspecified atom stereocenters. The van der Waals surface area contributed by atoms with Gasteiger partial charge in [0.1, 0.15) is 0 Å². The normalized spacial score (nSPS) is 10.0. The van der Waals surface area contributed by atoms with Crippen LogP contribution in [0.3, 0.4) is 0 Å². The number of aromatic amines is 1. The fourth-order valence-electron chi connectivity index (χ4n) is 1.26. The topological polar surface area (TPSA) is 78.0 Å². The van der Waals surface area contributed by atoms with Crippen molar-refractivity contribution in [3.63, 3.8) is 0 Å². The van der Waals surface area contributed by atoms with Gasteiger partial charge in [-0.1, -0.05) is 30.3 Å². The van der Waals surface area contributed by atoms with Crippen LogP contribution in [0.15, 0.2) is 41.3 Å². The number of aromatic nitrogens is 2. The van der Waals surface area contributed by atoms with Gasteiger partial charge in [0.15, 0.2) is 5.75 Å². The minimum Gasteiger partial charge on any atom is -0.502 e. The molecule has 3 N–H and O–H groups in total. The molecule has 0 amide bonds. The molecule has 0 radical (unpaired) electrons. The van der Waals surface area contributed by atoms with Gasteiger partial charge < -0.3 is 10.4 Å². The van der Waals surface area contributed by atoms with E-state index in [2.05, 4.69) is 15.3 Å². The second kappa shape index (κ2) is 4.48. The fourth-order valence-corrected chi connectivity index (χ4v) is 1.26. The van der Waals surface area contributed by atoms with Crippen LogP contribution in [-0.2, 0) is 6.54 Å². The SMILES string of the molecule is O=c1[nH]c(NCc2ccccc2)ncc1O. The minimum atomic E-state index is -0.550. The average Bonchev–Trinajstić information content (AvgIpc) is 2.32. The molecule has 1 aromatic carbocycles. The van der Waals surface area contributed by atoms with E-state index in [9.17, 15) is 4.79 Å². The van der Waals surface area contributed by atoms with Crippen LogP contribution in [0.25, 0.3) is 0 Å². The number of benzene rings is 1. The van der Waals surface area contributed by atoms with Crippen molar-refractivity contribution in [2.24, 2.45) is 0 Å². The lowest BCUT2D eigenvalue weighted by Crippen LogP contribution is -2.11. The van der Waals surface area contributed by atoms with Crippen LogP contribution in [0.4, 0.5) is 5.95 Å². The zero-order valence-electron chi connectivity index (χ0n) is 8.47. The van der Waals surface area contributed by atoms with Gasteiger partial charge >= 0.3 is 0 Å². The van der Waals surface area contributed by atoms with Gasteiger partial charge in [-0.2, -0.15) is 0 Å². The summed E-state index contributed by atoms with van der Waals surface area (Å²) >= 11 is 0. The Balaban J connectivity index is 2.05. The lowest BCUT2D eigenvalue weighted by molar-refractivity contribution is 0.463. The molecule has 2 rings (SSSR count). The molecule has 0 atom stereocenters. The van der Waals surface area contributed by atoms with Crippen molar-refractivity contribution in [1.29, 1.82) is 0 Å². The van der Waals surface area contributed by atoms with Gasteiger partial charge in [0.25, 0.3) is 5.56 Å². The van der Waals surface area contributed by atoms with Crippen molar-refractivity contribution < 1.29 is 5.11 Å². The second-order valence-electron chi connectivity index (χ2n) is 3.29. The Morgan fingerprint density at radius 3 is 2.75 bits per heavy atom. The van der Waals surface area contributed by atoms with Gasteiger partial charge in [-0.05, 0) is 5.56 Å². The average molecular weight is 217 g/mol. The highest BCUT2D eigenvalue weighted by Crippen LogP contribution is 2.03. The molecule has 0 saturated carbocycles. The lowest BCUT2D eigenvalue weighted by Gasteiger charge is -2.04. The Labute approximate surface area is 91.8 Å². The molecule has 0 spiro atoms. The maximum Gasteiger partial charge on any atom is 0.294 e. The summed E-state index contributed by atoms with van der Waals surface area (Å²) in [5.74, 6) is -0.0445. The predicted octanol–water partition coefficient (Wildman–Crippen LogP) is 1.09. The highest BCUT2D eigenvalue weighted by molar-refractivity contribution is 5.28. The Hall–Kier alpha value is -2.30. The van der Waals surface area contributed by atoms with Gasteiger partial charge in [-0.25, -0.2) is 4.98 Å². The summed E-state index contributed by atoms with van der Waals surface area (Å²) in [4.78, 5) is 17.3. The zero-order chi connectivity index (χ0) is 11.4. The van der Waals surface area contributed by atoms with Crippen LogP contribution in [0, 0.1) is 0 Å². The van der Waals surface area contributed by atoms with E-state index in [1.807, 2.05) is 30.3 Å². The van der Waals surface area contributed by atoms with Crippen molar-refractivity contribution in [1.82, 2.24) is 9.97 Å². The molecule has 2 aromatic rings. The van der Waals surface area contributed by atoms with E-state index in [1.165, 1.54) is 0 Å². The molecule has 1 aromatic heterocycles. The lowest BCUT2D eigenvalue weighted by atomic mass is 10.2. The second-order valence-corrected chi connectivity index (χ2v) is 3.29. The quantitative estimate of drug-likeness (QED) is 0.719. The third kappa shape index (κ3) is 2.38. The van der Waals surface area contributed by atoms with Gasteiger partial charge in [-0.3, -0.25) is 9.78 Å². The molecule has 0 aliphatic heterocycles. The predicted molar refractivity (Wildman–Crippen MR) is 60.3 cm³/mol. The fraction of sp³-hybridized carbons (Fsp3) is 0.0909. The molecule has 1 heterocycles. The van der Waals surface area contributed by atoms with E-state index in [-0.39, 0.29) is 5.75 Å². The Morgan fingerprint density at radius 2 is 2.06 bits per heavy atom. The van der Waals surface area contributed by atoms with Crippen LogP contribution in [-0.4, -0.2) is 15.1 Å². The van der Waals surface area contributed by atoms with Gasteiger partial charge in [0.2, 0.25) is 5.95 Å². The van der Waals surface area contributed by atoms with Crippen LogP contribution in [0.5, 0.6) is 5.75 Å². The summed E-state index contributed by atoms with van der Waals surface area (Å²) in [7, 11) is 0. The van der Waals surface area contributed by atoms with E-state index >= 15 is 0 Å². The highest BCUT2D eigenvalue weighted by atomic mass is 16.3. The number of nitrogens with one attached hydrogen (secondary N) is 2. The van der Waals surface area contributed by atoms with Gasteiger partial charge in [-0.15, -0.1) is 0 Å². The monoisotopic (exact) mass is 217 g/mol. The van der Waals surface area contributed by atoms with E-state index in [4.69, 9.17) is 5.11 Å². The van der Waals surface area contributed by atoms with Gasteiger partial charge in [0, 0.05) is 6.54 Å². The molecule has 82 valence electrons. The van der Waals surface area contributed by atoms with Crippen molar-refractivity contribution in [3.8, 4) is 5.75 Å².